The Hall–Kier alpha value is -2.20. The van der Waals surface area contributed by atoms with Crippen molar-refractivity contribution in [3.05, 3.63) is 30.4 Å². The third kappa shape index (κ3) is 3.06. The van der Waals surface area contributed by atoms with Gasteiger partial charge in [-0.05, 0) is 6.92 Å². The van der Waals surface area contributed by atoms with E-state index in [2.05, 4.69) is 10.2 Å². The first-order chi connectivity index (χ1) is 11.4. The highest BCUT2D eigenvalue weighted by atomic mass is 32.2. The maximum Gasteiger partial charge on any atom is 0.257 e. The molecule has 0 saturated carbocycles. The zero-order chi connectivity index (χ0) is 17.3. The molecule has 3 heterocycles. The molecule has 0 unspecified atom stereocenters. The Morgan fingerprint density at radius 1 is 1.12 bits per heavy atom. The summed E-state index contributed by atoms with van der Waals surface area (Å²) < 4.78 is 29.6. The van der Waals surface area contributed by atoms with Gasteiger partial charge in [0.2, 0.25) is 10.0 Å². The second-order valence-electron chi connectivity index (χ2n) is 5.63. The van der Waals surface area contributed by atoms with Gasteiger partial charge < -0.3 is 4.90 Å². The van der Waals surface area contributed by atoms with Crippen molar-refractivity contribution >= 4 is 15.9 Å². The van der Waals surface area contributed by atoms with Gasteiger partial charge in [0.15, 0.2) is 0 Å². The van der Waals surface area contributed by atoms with Gasteiger partial charge in [-0.2, -0.15) is 14.5 Å². The van der Waals surface area contributed by atoms with Crippen molar-refractivity contribution in [2.45, 2.75) is 18.4 Å². The van der Waals surface area contributed by atoms with E-state index in [0.29, 0.717) is 25.2 Å². The third-order valence-corrected chi connectivity index (χ3v) is 5.90. The van der Waals surface area contributed by atoms with Crippen LogP contribution in [0.15, 0.2) is 29.7 Å². The number of carbonyl (C=O) groups is 1. The fourth-order valence-corrected chi connectivity index (χ4v) is 4.05. The van der Waals surface area contributed by atoms with E-state index in [1.54, 1.807) is 29.0 Å². The van der Waals surface area contributed by atoms with Crippen molar-refractivity contribution in [1.29, 1.82) is 0 Å². The topological polar surface area (TPSA) is 93.3 Å². The summed E-state index contributed by atoms with van der Waals surface area (Å²) in [5, 5.41) is 8.01. The van der Waals surface area contributed by atoms with Crippen molar-refractivity contribution in [3.63, 3.8) is 0 Å². The molecule has 0 aliphatic carbocycles. The molecule has 2 aromatic rings. The minimum atomic E-state index is -3.56. The Balaban J connectivity index is 1.66. The van der Waals surface area contributed by atoms with Gasteiger partial charge in [-0.1, -0.05) is 0 Å². The smallest absolute Gasteiger partial charge is 0.257 e. The quantitative estimate of drug-likeness (QED) is 0.759. The van der Waals surface area contributed by atoms with Crippen LogP contribution in [0, 0.1) is 0 Å². The van der Waals surface area contributed by atoms with E-state index in [0.717, 1.165) is 0 Å². The van der Waals surface area contributed by atoms with Crippen LogP contribution in [0.4, 0.5) is 0 Å². The van der Waals surface area contributed by atoms with Crippen molar-refractivity contribution < 1.29 is 13.2 Å². The zero-order valence-electron chi connectivity index (χ0n) is 13.7. The number of amides is 1. The first kappa shape index (κ1) is 16.7. The zero-order valence-corrected chi connectivity index (χ0v) is 14.5. The lowest BCUT2D eigenvalue weighted by atomic mass is 10.2. The summed E-state index contributed by atoms with van der Waals surface area (Å²) >= 11 is 0. The van der Waals surface area contributed by atoms with Crippen LogP contribution in [0.2, 0.25) is 0 Å². The standard InChI is InChI=1S/C14H20N6O3S/c1-3-19-10-12(8-16-19)14(21)18-4-6-20(7-5-18)24(22,23)13-9-15-17(2)11-13/h8-11H,3-7H2,1-2H3. The van der Waals surface area contributed by atoms with Gasteiger partial charge in [0.25, 0.3) is 5.91 Å². The number of sulfonamides is 1. The van der Waals surface area contributed by atoms with E-state index in [1.165, 1.54) is 21.4 Å². The van der Waals surface area contributed by atoms with Gasteiger partial charge in [-0.15, -0.1) is 0 Å². The molecule has 9 nitrogen and oxygen atoms in total. The molecule has 24 heavy (non-hydrogen) atoms. The average molecular weight is 352 g/mol. The molecule has 0 atom stereocenters. The number of aryl methyl sites for hydroxylation is 2. The molecule has 3 rings (SSSR count). The maximum atomic E-state index is 12.5. The maximum absolute atomic E-state index is 12.5. The molecule has 0 bridgehead atoms. The van der Waals surface area contributed by atoms with E-state index in [4.69, 9.17) is 0 Å². The van der Waals surface area contributed by atoms with Gasteiger partial charge in [-0.25, -0.2) is 8.42 Å². The summed E-state index contributed by atoms with van der Waals surface area (Å²) in [6.45, 7) is 3.90. The first-order valence-corrected chi connectivity index (χ1v) is 9.16. The molecule has 0 N–H and O–H groups in total. The number of piperazine rings is 1. The molecular formula is C14H20N6O3S. The van der Waals surface area contributed by atoms with Crippen molar-refractivity contribution in [1.82, 2.24) is 28.8 Å². The number of nitrogens with zero attached hydrogens (tertiary/aromatic N) is 6. The molecule has 1 aliphatic rings. The second-order valence-corrected chi connectivity index (χ2v) is 7.57. The van der Waals surface area contributed by atoms with E-state index in [9.17, 15) is 13.2 Å². The van der Waals surface area contributed by atoms with Gasteiger partial charge in [-0.3, -0.25) is 14.2 Å². The first-order valence-electron chi connectivity index (χ1n) is 7.72. The lowest BCUT2D eigenvalue weighted by Crippen LogP contribution is -2.50. The molecule has 0 aromatic carbocycles. The molecule has 1 aliphatic heterocycles. The van der Waals surface area contributed by atoms with E-state index in [-0.39, 0.29) is 23.9 Å². The monoisotopic (exact) mass is 352 g/mol. The fraction of sp³-hybridized carbons (Fsp3) is 0.500. The Morgan fingerprint density at radius 3 is 2.38 bits per heavy atom. The fourth-order valence-electron chi connectivity index (χ4n) is 2.64. The van der Waals surface area contributed by atoms with Crippen molar-refractivity contribution in [3.8, 4) is 0 Å². The molecule has 1 fully saturated rings. The molecule has 0 spiro atoms. The van der Waals surface area contributed by atoms with Gasteiger partial charge in [0.05, 0.1) is 18.0 Å². The summed E-state index contributed by atoms with van der Waals surface area (Å²) in [6.07, 6.45) is 6.07. The Bertz CT molecular complexity index is 832. The normalized spacial score (nSPS) is 16.5. The highest BCUT2D eigenvalue weighted by Gasteiger charge is 2.31. The molecule has 2 aromatic heterocycles. The summed E-state index contributed by atoms with van der Waals surface area (Å²) in [5.41, 5.74) is 0.528. The van der Waals surface area contributed by atoms with E-state index in [1.807, 2.05) is 6.92 Å². The SMILES string of the molecule is CCn1cc(C(=O)N2CCN(S(=O)(=O)c3cnn(C)c3)CC2)cn1. The van der Waals surface area contributed by atoms with Gasteiger partial charge in [0, 0.05) is 52.2 Å². The molecular weight excluding hydrogens is 332 g/mol. The molecule has 10 heteroatoms. The van der Waals surface area contributed by atoms with Gasteiger partial charge >= 0.3 is 0 Å². The average Bonchev–Trinajstić information content (AvgIpc) is 3.23. The van der Waals surface area contributed by atoms with Crippen LogP contribution < -0.4 is 0 Å². The minimum Gasteiger partial charge on any atom is -0.336 e. The highest BCUT2D eigenvalue weighted by Crippen LogP contribution is 2.17. The van der Waals surface area contributed by atoms with E-state index >= 15 is 0 Å². The van der Waals surface area contributed by atoms with Crippen LogP contribution in [-0.2, 0) is 23.6 Å². The number of rotatable bonds is 4. The Labute approximate surface area is 140 Å². The van der Waals surface area contributed by atoms with Crippen LogP contribution in [0.1, 0.15) is 17.3 Å². The number of hydrogen-bond donors (Lipinski definition) is 0. The number of aromatic nitrogens is 4. The van der Waals surface area contributed by atoms with Crippen molar-refractivity contribution in [2.75, 3.05) is 26.2 Å². The number of carbonyl (C=O) groups excluding carboxylic acids is 1. The predicted octanol–water partition coefficient (Wildman–Crippen LogP) is -0.217. The molecule has 0 radical (unpaired) electrons. The predicted molar refractivity (Wildman–Crippen MR) is 85.8 cm³/mol. The summed E-state index contributed by atoms with van der Waals surface area (Å²) in [6, 6.07) is 0. The van der Waals surface area contributed by atoms with Crippen LogP contribution in [0.25, 0.3) is 0 Å². The Kier molecular flexibility index (Phi) is 4.41. The summed E-state index contributed by atoms with van der Waals surface area (Å²) in [7, 11) is -1.89. The largest absolute Gasteiger partial charge is 0.336 e. The highest BCUT2D eigenvalue weighted by molar-refractivity contribution is 7.89. The number of hydrogen-bond acceptors (Lipinski definition) is 5. The van der Waals surface area contributed by atoms with Gasteiger partial charge in [0.1, 0.15) is 4.90 Å². The van der Waals surface area contributed by atoms with Crippen molar-refractivity contribution in [2.24, 2.45) is 7.05 Å². The molecule has 1 amide bonds. The summed E-state index contributed by atoms with van der Waals surface area (Å²) in [4.78, 5) is 14.3. The molecule has 130 valence electrons. The van der Waals surface area contributed by atoms with Crippen LogP contribution in [0.3, 0.4) is 0 Å². The lowest BCUT2D eigenvalue weighted by molar-refractivity contribution is 0.0698. The minimum absolute atomic E-state index is 0.117. The van der Waals surface area contributed by atoms with Crippen LogP contribution in [-0.4, -0.2) is 69.3 Å². The lowest BCUT2D eigenvalue weighted by Gasteiger charge is -2.33. The van der Waals surface area contributed by atoms with E-state index < -0.39 is 10.0 Å². The summed E-state index contributed by atoms with van der Waals surface area (Å²) in [5.74, 6) is -0.117. The second kappa shape index (κ2) is 6.36. The van der Waals surface area contributed by atoms with Crippen LogP contribution in [0.5, 0.6) is 0 Å². The molecule has 1 saturated heterocycles. The van der Waals surface area contributed by atoms with Crippen LogP contribution >= 0.6 is 0 Å². The third-order valence-electron chi connectivity index (χ3n) is 4.05. The Morgan fingerprint density at radius 2 is 1.83 bits per heavy atom.